The second kappa shape index (κ2) is 5.36. The van der Waals surface area contributed by atoms with Gasteiger partial charge < -0.3 is 14.9 Å². The van der Waals surface area contributed by atoms with E-state index < -0.39 is 47.3 Å². The summed E-state index contributed by atoms with van der Waals surface area (Å²) in [5, 5.41) is 19.3. The van der Waals surface area contributed by atoms with Gasteiger partial charge in [0.1, 0.15) is 11.6 Å². The normalized spacial score (nSPS) is 31.3. The number of phenols is 1. The second-order valence-electron chi connectivity index (χ2n) is 5.91. The van der Waals surface area contributed by atoms with Crippen molar-refractivity contribution in [2.75, 3.05) is 0 Å². The molecule has 0 spiro atoms. The number of carboxylic acid groups (broad SMARTS) is 1. The molecule has 1 unspecified atom stereocenters. The van der Waals surface area contributed by atoms with Crippen LogP contribution >= 0.6 is 0 Å². The standard InChI is InChI=1S/C15H16F4O4/c1-6-9(16)5-4-8(11(6)20)10-7(2)14(3,15(17,18)19)23-12(10)13(21)22/h4-5,7,10,12,20H,1-3H3,(H,21,22)/t7-,10-,12?,14+/m0/s1. The van der Waals surface area contributed by atoms with Crippen LogP contribution in [0.3, 0.4) is 0 Å². The molecule has 128 valence electrons. The van der Waals surface area contributed by atoms with E-state index in [2.05, 4.69) is 0 Å². The summed E-state index contributed by atoms with van der Waals surface area (Å²) in [6.07, 6.45) is -6.59. The third-order valence-corrected chi connectivity index (χ3v) is 4.67. The molecule has 1 heterocycles. The minimum absolute atomic E-state index is 0.0724. The molecule has 1 fully saturated rings. The van der Waals surface area contributed by atoms with Gasteiger partial charge in [-0.3, -0.25) is 0 Å². The van der Waals surface area contributed by atoms with Gasteiger partial charge in [0.2, 0.25) is 0 Å². The monoisotopic (exact) mass is 336 g/mol. The van der Waals surface area contributed by atoms with Crippen LogP contribution in [0.2, 0.25) is 0 Å². The number of benzene rings is 1. The number of aromatic hydroxyl groups is 1. The maximum Gasteiger partial charge on any atom is 0.417 e. The van der Waals surface area contributed by atoms with E-state index in [1.807, 2.05) is 0 Å². The van der Waals surface area contributed by atoms with Crippen LogP contribution in [0.25, 0.3) is 0 Å². The number of aliphatic carboxylic acids is 1. The average molecular weight is 336 g/mol. The van der Waals surface area contributed by atoms with Crippen LogP contribution in [0.1, 0.15) is 30.9 Å². The molecule has 0 bridgehead atoms. The predicted molar refractivity (Wildman–Crippen MR) is 71.7 cm³/mol. The van der Waals surface area contributed by atoms with E-state index in [0.717, 1.165) is 19.1 Å². The van der Waals surface area contributed by atoms with Crippen molar-refractivity contribution >= 4 is 5.97 Å². The van der Waals surface area contributed by atoms with Crippen LogP contribution in [-0.2, 0) is 9.53 Å². The topological polar surface area (TPSA) is 66.8 Å². The maximum atomic E-state index is 13.5. The quantitative estimate of drug-likeness (QED) is 0.813. The Morgan fingerprint density at radius 2 is 1.91 bits per heavy atom. The number of rotatable bonds is 2. The fourth-order valence-electron chi connectivity index (χ4n) is 2.98. The van der Waals surface area contributed by atoms with E-state index in [4.69, 9.17) is 4.74 Å². The van der Waals surface area contributed by atoms with Gasteiger partial charge in [-0.05, 0) is 19.9 Å². The van der Waals surface area contributed by atoms with E-state index in [1.54, 1.807) is 0 Å². The highest BCUT2D eigenvalue weighted by Crippen LogP contribution is 2.54. The lowest BCUT2D eigenvalue weighted by atomic mass is 9.76. The van der Waals surface area contributed by atoms with E-state index in [0.29, 0.717) is 0 Å². The first-order chi connectivity index (χ1) is 10.4. The number of hydrogen-bond acceptors (Lipinski definition) is 3. The molecule has 8 heteroatoms. The van der Waals surface area contributed by atoms with Crippen LogP contribution in [0.4, 0.5) is 17.6 Å². The number of phenolic OH excluding ortho intramolecular Hbond substituents is 1. The van der Waals surface area contributed by atoms with Crippen molar-refractivity contribution in [3.05, 3.63) is 29.1 Å². The number of carboxylic acids is 1. The Hall–Kier alpha value is -1.83. The van der Waals surface area contributed by atoms with Crippen molar-refractivity contribution in [3.63, 3.8) is 0 Å². The maximum absolute atomic E-state index is 13.5. The zero-order valence-electron chi connectivity index (χ0n) is 12.6. The molecule has 23 heavy (non-hydrogen) atoms. The Bertz CT molecular complexity index is 643. The summed E-state index contributed by atoms with van der Waals surface area (Å²) >= 11 is 0. The lowest BCUT2D eigenvalue weighted by molar-refractivity contribution is -0.273. The number of halogens is 4. The van der Waals surface area contributed by atoms with Gasteiger partial charge in [0, 0.05) is 23.0 Å². The summed E-state index contributed by atoms with van der Waals surface area (Å²) in [6, 6.07) is 2.08. The molecule has 1 aliphatic heterocycles. The molecule has 0 radical (unpaired) electrons. The summed E-state index contributed by atoms with van der Waals surface area (Å²) in [7, 11) is 0. The number of ether oxygens (including phenoxy) is 1. The number of carbonyl (C=O) groups is 1. The van der Waals surface area contributed by atoms with Crippen LogP contribution in [0, 0.1) is 18.7 Å². The fourth-order valence-corrected chi connectivity index (χ4v) is 2.98. The molecular weight excluding hydrogens is 320 g/mol. The van der Waals surface area contributed by atoms with Crippen molar-refractivity contribution < 1.29 is 37.3 Å². The molecule has 1 aromatic carbocycles. The van der Waals surface area contributed by atoms with Crippen molar-refractivity contribution in [2.24, 2.45) is 5.92 Å². The van der Waals surface area contributed by atoms with E-state index >= 15 is 0 Å². The molecule has 0 aromatic heterocycles. The van der Waals surface area contributed by atoms with Crippen LogP contribution < -0.4 is 0 Å². The molecule has 4 nitrogen and oxygen atoms in total. The zero-order valence-corrected chi connectivity index (χ0v) is 12.6. The molecule has 0 aliphatic carbocycles. The van der Waals surface area contributed by atoms with Gasteiger partial charge in [0.15, 0.2) is 11.7 Å². The van der Waals surface area contributed by atoms with Crippen molar-refractivity contribution in [3.8, 4) is 5.75 Å². The smallest absolute Gasteiger partial charge is 0.417 e. The molecule has 1 aliphatic rings. The second-order valence-corrected chi connectivity index (χ2v) is 5.91. The van der Waals surface area contributed by atoms with E-state index in [-0.39, 0.29) is 11.1 Å². The fraction of sp³-hybridized carbons (Fsp3) is 0.533. The van der Waals surface area contributed by atoms with Crippen molar-refractivity contribution in [2.45, 2.75) is 44.6 Å². The molecule has 1 saturated heterocycles. The minimum atomic E-state index is -4.79. The van der Waals surface area contributed by atoms with Crippen LogP contribution in [0.5, 0.6) is 5.75 Å². The minimum Gasteiger partial charge on any atom is -0.507 e. The molecule has 2 N–H and O–H groups in total. The largest absolute Gasteiger partial charge is 0.507 e. The summed E-state index contributed by atoms with van der Waals surface area (Å²) < 4.78 is 58.3. The summed E-state index contributed by atoms with van der Waals surface area (Å²) in [6.45, 7) is 3.24. The molecule has 4 atom stereocenters. The highest BCUT2D eigenvalue weighted by atomic mass is 19.4. The number of alkyl halides is 3. The van der Waals surface area contributed by atoms with Gasteiger partial charge in [-0.15, -0.1) is 0 Å². The Kier molecular flexibility index (Phi) is 4.09. The third-order valence-electron chi connectivity index (χ3n) is 4.67. The molecular formula is C15H16F4O4. The molecule has 2 rings (SSSR count). The van der Waals surface area contributed by atoms with Gasteiger partial charge in [-0.25, -0.2) is 9.18 Å². The van der Waals surface area contributed by atoms with Gasteiger partial charge >= 0.3 is 12.1 Å². The average Bonchev–Trinajstić information content (AvgIpc) is 2.71. The lowest BCUT2D eigenvalue weighted by Gasteiger charge is -2.31. The van der Waals surface area contributed by atoms with E-state index in [1.165, 1.54) is 13.8 Å². The Balaban J connectivity index is 2.60. The highest BCUT2D eigenvalue weighted by molar-refractivity contribution is 5.75. The van der Waals surface area contributed by atoms with Gasteiger partial charge in [-0.1, -0.05) is 13.0 Å². The molecule has 0 amide bonds. The molecule has 1 aromatic rings. The van der Waals surface area contributed by atoms with Gasteiger partial charge in [0.05, 0.1) is 0 Å². The predicted octanol–water partition coefficient (Wildman–Crippen LogP) is 3.36. The SMILES string of the molecule is Cc1c(F)ccc([C@H]2C(C(=O)O)O[C@@](C)(C(F)(F)F)[C@H]2C)c1O. The molecule has 0 saturated carbocycles. The van der Waals surface area contributed by atoms with Crippen molar-refractivity contribution in [1.82, 2.24) is 0 Å². The summed E-state index contributed by atoms with van der Waals surface area (Å²) in [5.74, 6) is -5.42. The Morgan fingerprint density at radius 1 is 1.35 bits per heavy atom. The third kappa shape index (κ3) is 2.54. The van der Waals surface area contributed by atoms with Crippen LogP contribution in [0.15, 0.2) is 12.1 Å². The van der Waals surface area contributed by atoms with Crippen LogP contribution in [-0.4, -0.2) is 34.1 Å². The van der Waals surface area contributed by atoms with Gasteiger partial charge in [-0.2, -0.15) is 13.2 Å². The zero-order chi connectivity index (χ0) is 17.7. The first-order valence-corrected chi connectivity index (χ1v) is 6.87. The number of hydrogen-bond donors (Lipinski definition) is 2. The summed E-state index contributed by atoms with van der Waals surface area (Å²) in [5.41, 5.74) is -2.91. The summed E-state index contributed by atoms with van der Waals surface area (Å²) in [4.78, 5) is 11.4. The Morgan fingerprint density at radius 3 is 2.39 bits per heavy atom. The van der Waals surface area contributed by atoms with E-state index in [9.17, 15) is 32.6 Å². The first-order valence-electron chi connectivity index (χ1n) is 6.87. The lowest BCUT2D eigenvalue weighted by Crippen LogP contribution is -2.47. The van der Waals surface area contributed by atoms with Gasteiger partial charge in [0.25, 0.3) is 0 Å². The van der Waals surface area contributed by atoms with Crippen molar-refractivity contribution in [1.29, 1.82) is 0 Å². The first kappa shape index (κ1) is 17.5. The highest BCUT2D eigenvalue weighted by Gasteiger charge is 2.65. The Labute approximate surface area is 129 Å².